The quantitative estimate of drug-likeness (QED) is 0.535. The summed E-state index contributed by atoms with van der Waals surface area (Å²) in [5.41, 5.74) is 1.79. The highest BCUT2D eigenvalue weighted by atomic mass is 35.5. The second-order valence-electron chi connectivity index (χ2n) is 4.93. The molecule has 1 N–H and O–H groups in total. The number of hydrogen-bond acceptors (Lipinski definition) is 3. The molecule has 130 valence electrons. The van der Waals surface area contributed by atoms with E-state index in [9.17, 15) is 4.39 Å². The molecule has 0 unspecified atom stereocenters. The molecule has 0 saturated heterocycles. The number of rotatable bonds is 8. The summed E-state index contributed by atoms with van der Waals surface area (Å²) in [7, 11) is 1.59. The first-order chi connectivity index (χ1) is 11.1. The van der Waals surface area contributed by atoms with Crippen LogP contribution in [0.1, 0.15) is 11.1 Å². The van der Waals surface area contributed by atoms with Gasteiger partial charge in [0, 0.05) is 18.7 Å². The molecule has 6 heteroatoms. The van der Waals surface area contributed by atoms with Gasteiger partial charge in [0.1, 0.15) is 12.4 Å². The molecule has 0 spiro atoms. The first-order valence-electron chi connectivity index (χ1n) is 7.19. The average molecular weight is 372 g/mol. The van der Waals surface area contributed by atoms with Crippen molar-refractivity contribution in [2.24, 2.45) is 0 Å². The molecule has 0 aliphatic rings. The van der Waals surface area contributed by atoms with Crippen LogP contribution in [0, 0.1) is 5.82 Å². The topological polar surface area (TPSA) is 30.5 Å². The van der Waals surface area contributed by atoms with E-state index in [1.807, 2.05) is 18.2 Å². The van der Waals surface area contributed by atoms with Gasteiger partial charge in [0.05, 0.1) is 12.1 Å². The van der Waals surface area contributed by atoms with Gasteiger partial charge in [-0.2, -0.15) is 0 Å². The van der Waals surface area contributed by atoms with Crippen molar-refractivity contribution in [3.63, 3.8) is 0 Å². The molecule has 0 atom stereocenters. The molecule has 0 heterocycles. The van der Waals surface area contributed by atoms with E-state index in [1.165, 1.54) is 12.1 Å². The largest absolute Gasteiger partial charge is 0.493 e. The number of benzene rings is 2. The average Bonchev–Trinajstić information content (AvgIpc) is 2.55. The molecule has 2 aromatic rings. The Morgan fingerprint density at radius 2 is 2.00 bits per heavy atom. The summed E-state index contributed by atoms with van der Waals surface area (Å²) < 4.78 is 24.2. The highest BCUT2D eigenvalue weighted by molar-refractivity contribution is 6.31. The molecule has 0 aliphatic heterocycles. The highest BCUT2D eigenvalue weighted by Crippen LogP contribution is 2.29. The third-order valence-electron chi connectivity index (χ3n) is 3.24. The van der Waals surface area contributed by atoms with Gasteiger partial charge < -0.3 is 14.8 Å². The standard InChI is InChI=1S/C18H19ClFNO2.ClH/c1-3-8-21-11-13-4-7-17(18(9-13)22-2)23-12-14-5-6-15(20)10-16(14)19;/h3-7,9-10,21H,1,8,11-12H2,2H3;1H. The molecule has 0 bridgehead atoms. The first kappa shape index (κ1) is 20.3. The third-order valence-corrected chi connectivity index (χ3v) is 3.60. The van der Waals surface area contributed by atoms with Crippen molar-refractivity contribution < 1.29 is 13.9 Å². The van der Waals surface area contributed by atoms with E-state index in [4.69, 9.17) is 21.1 Å². The minimum absolute atomic E-state index is 0. The molecular weight excluding hydrogens is 352 g/mol. The van der Waals surface area contributed by atoms with E-state index in [-0.39, 0.29) is 24.8 Å². The zero-order valence-corrected chi connectivity index (χ0v) is 14.9. The minimum atomic E-state index is -0.368. The molecule has 0 aliphatic carbocycles. The van der Waals surface area contributed by atoms with Crippen LogP contribution in [0.4, 0.5) is 4.39 Å². The highest BCUT2D eigenvalue weighted by Gasteiger charge is 2.08. The number of hydrogen-bond donors (Lipinski definition) is 1. The predicted molar refractivity (Wildman–Crippen MR) is 97.9 cm³/mol. The number of halogens is 3. The van der Waals surface area contributed by atoms with E-state index in [0.717, 1.165) is 12.1 Å². The second-order valence-corrected chi connectivity index (χ2v) is 5.34. The summed E-state index contributed by atoms with van der Waals surface area (Å²) in [6, 6.07) is 9.96. The van der Waals surface area contributed by atoms with Crippen LogP contribution in [0.25, 0.3) is 0 Å². The second kappa shape index (κ2) is 10.2. The minimum Gasteiger partial charge on any atom is -0.493 e. The molecular formula is C18H20Cl2FNO2. The summed E-state index contributed by atoms with van der Waals surface area (Å²) >= 11 is 6.00. The maximum Gasteiger partial charge on any atom is 0.161 e. The smallest absolute Gasteiger partial charge is 0.161 e. The maximum absolute atomic E-state index is 13.0. The Balaban J connectivity index is 0.00000288. The summed E-state index contributed by atoms with van der Waals surface area (Å²) in [5.74, 6) is 0.884. The third kappa shape index (κ3) is 5.71. The summed E-state index contributed by atoms with van der Waals surface area (Å²) in [6.45, 7) is 5.36. The van der Waals surface area contributed by atoms with E-state index in [0.29, 0.717) is 28.6 Å². The van der Waals surface area contributed by atoms with Crippen molar-refractivity contribution in [1.82, 2.24) is 5.32 Å². The number of methoxy groups -OCH3 is 1. The van der Waals surface area contributed by atoms with Crippen LogP contribution in [0.2, 0.25) is 5.02 Å². The van der Waals surface area contributed by atoms with Gasteiger partial charge >= 0.3 is 0 Å². The van der Waals surface area contributed by atoms with Crippen LogP contribution in [0.5, 0.6) is 11.5 Å². The lowest BCUT2D eigenvalue weighted by Crippen LogP contribution is -2.12. The molecule has 3 nitrogen and oxygen atoms in total. The normalized spacial score (nSPS) is 9.96. The fraction of sp³-hybridized carbons (Fsp3) is 0.222. The van der Waals surface area contributed by atoms with E-state index < -0.39 is 0 Å². The SMILES string of the molecule is C=CCNCc1ccc(OCc2ccc(F)cc2Cl)c(OC)c1.Cl. The van der Waals surface area contributed by atoms with E-state index in [1.54, 1.807) is 19.3 Å². The Hall–Kier alpha value is -1.75. The zero-order chi connectivity index (χ0) is 16.7. The fourth-order valence-corrected chi connectivity index (χ4v) is 2.28. The molecule has 0 aromatic heterocycles. The van der Waals surface area contributed by atoms with Crippen LogP contribution >= 0.6 is 24.0 Å². The monoisotopic (exact) mass is 371 g/mol. The molecule has 0 fully saturated rings. The summed E-state index contributed by atoms with van der Waals surface area (Å²) in [5, 5.41) is 3.57. The molecule has 0 radical (unpaired) electrons. The lowest BCUT2D eigenvalue weighted by Gasteiger charge is -2.13. The van der Waals surface area contributed by atoms with Crippen molar-refractivity contribution in [3.8, 4) is 11.5 Å². The Morgan fingerprint density at radius 3 is 2.67 bits per heavy atom. The summed E-state index contributed by atoms with van der Waals surface area (Å²) in [4.78, 5) is 0. The van der Waals surface area contributed by atoms with Crippen molar-refractivity contribution in [2.45, 2.75) is 13.2 Å². The Morgan fingerprint density at radius 1 is 1.21 bits per heavy atom. The van der Waals surface area contributed by atoms with E-state index in [2.05, 4.69) is 11.9 Å². The van der Waals surface area contributed by atoms with Gasteiger partial charge in [-0.05, 0) is 29.8 Å². The van der Waals surface area contributed by atoms with Crippen molar-refractivity contribution in [3.05, 3.63) is 71.0 Å². The first-order valence-corrected chi connectivity index (χ1v) is 7.57. The van der Waals surface area contributed by atoms with Crippen LogP contribution in [0.15, 0.2) is 49.1 Å². The van der Waals surface area contributed by atoms with Crippen molar-refractivity contribution in [1.29, 1.82) is 0 Å². The number of ether oxygens (including phenoxy) is 2. The van der Waals surface area contributed by atoms with Crippen LogP contribution in [-0.2, 0) is 13.2 Å². The lowest BCUT2D eigenvalue weighted by atomic mass is 10.2. The van der Waals surface area contributed by atoms with Gasteiger partial charge in [-0.15, -0.1) is 19.0 Å². The van der Waals surface area contributed by atoms with E-state index >= 15 is 0 Å². The maximum atomic E-state index is 13.0. The Kier molecular flexibility index (Phi) is 8.61. The van der Waals surface area contributed by atoms with Gasteiger partial charge in [-0.1, -0.05) is 29.8 Å². The number of nitrogens with one attached hydrogen (secondary N) is 1. The van der Waals surface area contributed by atoms with Gasteiger partial charge in [0.2, 0.25) is 0 Å². The predicted octanol–water partition coefficient (Wildman–Crippen LogP) is 4.76. The van der Waals surface area contributed by atoms with Crippen LogP contribution < -0.4 is 14.8 Å². The molecule has 0 saturated carbocycles. The van der Waals surface area contributed by atoms with Gasteiger partial charge in [0.15, 0.2) is 11.5 Å². The Labute approximate surface area is 152 Å². The fourth-order valence-electron chi connectivity index (χ4n) is 2.05. The zero-order valence-electron chi connectivity index (χ0n) is 13.4. The van der Waals surface area contributed by atoms with Gasteiger partial charge in [-0.25, -0.2) is 4.39 Å². The molecule has 2 rings (SSSR count). The molecule has 24 heavy (non-hydrogen) atoms. The van der Waals surface area contributed by atoms with Crippen molar-refractivity contribution >= 4 is 24.0 Å². The molecule has 0 amide bonds. The lowest BCUT2D eigenvalue weighted by molar-refractivity contribution is 0.284. The van der Waals surface area contributed by atoms with Crippen LogP contribution in [-0.4, -0.2) is 13.7 Å². The Bertz CT molecular complexity index is 680. The molecule has 2 aromatic carbocycles. The van der Waals surface area contributed by atoms with Crippen LogP contribution in [0.3, 0.4) is 0 Å². The van der Waals surface area contributed by atoms with Gasteiger partial charge in [0.25, 0.3) is 0 Å². The van der Waals surface area contributed by atoms with Gasteiger partial charge in [-0.3, -0.25) is 0 Å². The summed E-state index contributed by atoms with van der Waals surface area (Å²) in [6.07, 6.45) is 1.81. The van der Waals surface area contributed by atoms with Crippen molar-refractivity contribution in [2.75, 3.05) is 13.7 Å².